The Hall–Kier alpha value is -0.940. The molecule has 5 heteroatoms. The molecule has 1 aliphatic heterocycles. The van der Waals surface area contributed by atoms with Crippen LogP contribution in [0.15, 0.2) is 22.7 Å². The van der Waals surface area contributed by atoms with E-state index >= 15 is 0 Å². The first-order valence-electron chi connectivity index (χ1n) is 6.38. The normalized spacial score (nSPS) is 24.4. The van der Waals surface area contributed by atoms with Crippen LogP contribution in [0, 0.1) is 11.7 Å². The zero-order valence-corrected chi connectivity index (χ0v) is 12.4. The largest absolute Gasteiger partial charge is 0.481 e. The molecule has 0 radical (unpaired) electrons. The molecule has 2 unspecified atom stereocenters. The Morgan fingerprint density at radius 3 is 2.95 bits per heavy atom. The van der Waals surface area contributed by atoms with Gasteiger partial charge in [-0.2, -0.15) is 0 Å². The second-order valence-electron chi connectivity index (χ2n) is 5.10. The highest BCUT2D eigenvalue weighted by atomic mass is 79.9. The fourth-order valence-electron chi connectivity index (χ4n) is 2.49. The van der Waals surface area contributed by atoms with Crippen molar-refractivity contribution in [1.29, 1.82) is 0 Å². The first-order chi connectivity index (χ1) is 8.99. The average molecular weight is 330 g/mol. The third-order valence-corrected chi connectivity index (χ3v) is 4.65. The van der Waals surface area contributed by atoms with Crippen LogP contribution < -0.4 is 0 Å². The monoisotopic (exact) mass is 329 g/mol. The van der Waals surface area contributed by atoms with Crippen LogP contribution in [0.3, 0.4) is 0 Å². The smallest absolute Gasteiger partial charge is 0.307 e. The minimum Gasteiger partial charge on any atom is -0.481 e. The first kappa shape index (κ1) is 14.5. The van der Waals surface area contributed by atoms with E-state index in [2.05, 4.69) is 27.8 Å². The number of hydrogen-bond donors (Lipinski definition) is 1. The van der Waals surface area contributed by atoms with E-state index in [-0.39, 0.29) is 11.7 Å². The van der Waals surface area contributed by atoms with Crippen molar-refractivity contribution < 1.29 is 14.3 Å². The molecule has 104 valence electrons. The van der Waals surface area contributed by atoms with Gasteiger partial charge in [-0.15, -0.1) is 0 Å². The standard InChI is InChI=1S/C14H17BrFNO2/c1-9-5-6-11(14(18)19)8-17(9)7-10-3-2-4-12(16)13(10)15/h2-4,9,11H,5-8H2,1H3,(H,18,19). The summed E-state index contributed by atoms with van der Waals surface area (Å²) in [5.74, 6) is -1.34. The summed E-state index contributed by atoms with van der Waals surface area (Å²) in [6.07, 6.45) is 1.58. The third kappa shape index (κ3) is 3.34. The van der Waals surface area contributed by atoms with Gasteiger partial charge in [0.05, 0.1) is 10.4 Å². The highest BCUT2D eigenvalue weighted by Gasteiger charge is 2.29. The molecule has 1 fully saturated rings. The summed E-state index contributed by atoms with van der Waals surface area (Å²) in [6.45, 7) is 3.19. The van der Waals surface area contributed by atoms with E-state index in [0.717, 1.165) is 18.4 Å². The minimum absolute atomic E-state index is 0.281. The molecule has 0 aromatic heterocycles. The van der Waals surface area contributed by atoms with Crippen molar-refractivity contribution >= 4 is 21.9 Å². The summed E-state index contributed by atoms with van der Waals surface area (Å²) in [5.41, 5.74) is 0.859. The van der Waals surface area contributed by atoms with E-state index in [4.69, 9.17) is 5.11 Å². The highest BCUT2D eigenvalue weighted by Crippen LogP contribution is 2.27. The minimum atomic E-state index is -0.741. The Balaban J connectivity index is 2.12. The molecule has 19 heavy (non-hydrogen) atoms. The molecule has 1 saturated heterocycles. The first-order valence-corrected chi connectivity index (χ1v) is 7.18. The lowest BCUT2D eigenvalue weighted by Gasteiger charge is -2.36. The summed E-state index contributed by atoms with van der Waals surface area (Å²) in [7, 11) is 0. The number of hydrogen-bond acceptors (Lipinski definition) is 2. The fraction of sp³-hybridized carbons (Fsp3) is 0.500. The van der Waals surface area contributed by atoms with Gasteiger partial charge in [0.15, 0.2) is 0 Å². The lowest BCUT2D eigenvalue weighted by atomic mass is 9.93. The van der Waals surface area contributed by atoms with E-state index in [9.17, 15) is 9.18 Å². The van der Waals surface area contributed by atoms with E-state index in [1.54, 1.807) is 6.07 Å². The van der Waals surface area contributed by atoms with Crippen molar-refractivity contribution in [1.82, 2.24) is 4.90 Å². The lowest BCUT2D eigenvalue weighted by molar-refractivity contribution is -0.144. The maximum atomic E-state index is 13.5. The van der Waals surface area contributed by atoms with Crippen molar-refractivity contribution in [2.45, 2.75) is 32.4 Å². The van der Waals surface area contributed by atoms with Crippen LogP contribution in [0.4, 0.5) is 4.39 Å². The molecule has 0 amide bonds. The molecule has 1 aromatic carbocycles. The quantitative estimate of drug-likeness (QED) is 0.925. The van der Waals surface area contributed by atoms with Crippen molar-refractivity contribution in [2.24, 2.45) is 5.92 Å². The number of piperidine rings is 1. The number of likely N-dealkylation sites (tertiary alicyclic amines) is 1. The van der Waals surface area contributed by atoms with Crippen LogP contribution >= 0.6 is 15.9 Å². The molecule has 1 N–H and O–H groups in total. The zero-order valence-electron chi connectivity index (χ0n) is 10.8. The Morgan fingerprint density at radius 2 is 2.26 bits per heavy atom. The van der Waals surface area contributed by atoms with Gasteiger partial charge in [-0.25, -0.2) is 4.39 Å². The van der Waals surface area contributed by atoms with Gasteiger partial charge in [-0.1, -0.05) is 12.1 Å². The van der Waals surface area contributed by atoms with Crippen molar-refractivity contribution in [2.75, 3.05) is 6.54 Å². The molecule has 0 bridgehead atoms. The van der Waals surface area contributed by atoms with E-state index in [1.807, 2.05) is 6.07 Å². The zero-order chi connectivity index (χ0) is 14.0. The average Bonchev–Trinajstić information content (AvgIpc) is 2.37. The number of halogens is 2. The Bertz CT molecular complexity index is 481. The van der Waals surface area contributed by atoms with Crippen molar-refractivity contribution in [3.63, 3.8) is 0 Å². The summed E-state index contributed by atoms with van der Waals surface area (Å²) in [4.78, 5) is 13.2. The van der Waals surface area contributed by atoms with E-state index in [0.29, 0.717) is 23.6 Å². The van der Waals surface area contributed by atoms with Gasteiger partial charge in [-0.05, 0) is 47.3 Å². The fourth-order valence-corrected chi connectivity index (χ4v) is 2.88. The van der Waals surface area contributed by atoms with Gasteiger partial charge < -0.3 is 5.11 Å². The van der Waals surface area contributed by atoms with Crippen LogP contribution in [-0.2, 0) is 11.3 Å². The van der Waals surface area contributed by atoms with Crippen LogP contribution in [-0.4, -0.2) is 28.6 Å². The van der Waals surface area contributed by atoms with Crippen LogP contribution in [0.5, 0.6) is 0 Å². The van der Waals surface area contributed by atoms with Gasteiger partial charge in [0.1, 0.15) is 5.82 Å². The molecular weight excluding hydrogens is 313 g/mol. The molecule has 3 nitrogen and oxygen atoms in total. The molecule has 0 spiro atoms. The third-order valence-electron chi connectivity index (χ3n) is 3.77. The lowest BCUT2D eigenvalue weighted by Crippen LogP contribution is -2.43. The van der Waals surface area contributed by atoms with Gasteiger partial charge >= 0.3 is 5.97 Å². The van der Waals surface area contributed by atoms with Crippen LogP contribution in [0.2, 0.25) is 0 Å². The molecule has 2 rings (SSSR count). The molecule has 0 saturated carbocycles. The molecule has 2 atom stereocenters. The summed E-state index contributed by atoms with van der Waals surface area (Å²) in [6, 6.07) is 5.28. The molecule has 1 heterocycles. The van der Waals surface area contributed by atoms with E-state index in [1.165, 1.54) is 6.07 Å². The van der Waals surface area contributed by atoms with Gasteiger partial charge in [0.2, 0.25) is 0 Å². The Morgan fingerprint density at radius 1 is 1.53 bits per heavy atom. The number of aliphatic carboxylic acids is 1. The number of carboxylic acids is 1. The van der Waals surface area contributed by atoms with Gasteiger partial charge in [0.25, 0.3) is 0 Å². The number of nitrogens with zero attached hydrogens (tertiary/aromatic N) is 1. The van der Waals surface area contributed by atoms with Crippen molar-refractivity contribution in [3.05, 3.63) is 34.1 Å². The van der Waals surface area contributed by atoms with E-state index < -0.39 is 5.97 Å². The molecule has 0 aliphatic carbocycles. The highest BCUT2D eigenvalue weighted by molar-refractivity contribution is 9.10. The Labute approximate surface area is 120 Å². The topological polar surface area (TPSA) is 40.5 Å². The molecular formula is C14H17BrFNO2. The summed E-state index contributed by atoms with van der Waals surface area (Å²) in [5, 5.41) is 9.11. The maximum absolute atomic E-state index is 13.5. The van der Waals surface area contributed by atoms with Crippen molar-refractivity contribution in [3.8, 4) is 0 Å². The predicted molar refractivity (Wildman–Crippen MR) is 74.3 cm³/mol. The maximum Gasteiger partial charge on any atom is 0.307 e. The van der Waals surface area contributed by atoms with Crippen LogP contribution in [0.25, 0.3) is 0 Å². The predicted octanol–water partition coefficient (Wildman–Crippen LogP) is 3.27. The van der Waals surface area contributed by atoms with Crippen LogP contribution in [0.1, 0.15) is 25.3 Å². The second kappa shape index (κ2) is 6.01. The number of carbonyl (C=O) groups is 1. The van der Waals surface area contributed by atoms with Gasteiger partial charge in [0, 0.05) is 19.1 Å². The molecule has 1 aliphatic rings. The van der Waals surface area contributed by atoms with Gasteiger partial charge in [-0.3, -0.25) is 9.69 Å². The number of carboxylic acid groups (broad SMARTS) is 1. The number of rotatable bonds is 3. The SMILES string of the molecule is CC1CCC(C(=O)O)CN1Cc1cccc(F)c1Br. The number of benzene rings is 1. The summed E-state index contributed by atoms with van der Waals surface area (Å²) >= 11 is 3.25. The molecule has 1 aromatic rings. The second-order valence-corrected chi connectivity index (χ2v) is 5.90. The summed E-state index contributed by atoms with van der Waals surface area (Å²) < 4.78 is 13.9. The Kier molecular flexibility index (Phi) is 4.58.